The molecule has 0 aliphatic heterocycles. The zero-order valence-electron chi connectivity index (χ0n) is 26.8. The van der Waals surface area contributed by atoms with Crippen LogP contribution in [0.1, 0.15) is 38.3 Å². The highest BCUT2D eigenvalue weighted by atomic mass is 32.1. The van der Waals surface area contributed by atoms with Gasteiger partial charge in [-0.15, -0.1) is 11.3 Å². The van der Waals surface area contributed by atoms with E-state index < -0.39 is 0 Å². The standard InChI is InChI=1S/C35H29NS.C9H10/c1-3-23(2)19-26(20-24-11-5-4-6-12-24)36-32-22-33-25(17-18-37-33)21-31(32)34-29-15-9-7-13-27(29)28-14-8-10-16-30(28)35(34)36;1-8(2)9-6-4-3-5-7-9/h4-19,21-23H,3,20H2,1-2H3;3-7H,1H2,2H3/b26-19+;/t23-;/m1./s1. The summed E-state index contributed by atoms with van der Waals surface area (Å²) >= 11 is 1.83. The van der Waals surface area contributed by atoms with Gasteiger partial charge >= 0.3 is 0 Å². The lowest BCUT2D eigenvalue weighted by Crippen LogP contribution is -2.04. The number of thiophene rings is 1. The molecule has 0 amide bonds. The van der Waals surface area contributed by atoms with Crippen LogP contribution in [0.15, 0.2) is 145 Å². The smallest absolute Gasteiger partial charge is 0.0622 e. The van der Waals surface area contributed by atoms with Crippen molar-refractivity contribution in [1.82, 2.24) is 4.57 Å². The Hall–Kier alpha value is -4.92. The molecule has 2 heterocycles. The molecular weight excluding hydrogens is 575 g/mol. The SMILES string of the molecule is C=C(C)c1ccccc1.CC[C@@H](C)/C=C(\Cc1ccccc1)n1c2cc3sccc3cc2c2c3ccccc3c3ccccc3c21. The maximum absolute atomic E-state index is 3.83. The maximum atomic E-state index is 3.83. The molecule has 2 heteroatoms. The van der Waals surface area contributed by atoms with Crippen LogP contribution >= 0.6 is 11.3 Å². The van der Waals surface area contributed by atoms with Crippen LogP contribution < -0.4 is 0 Å². The molecule has 0 saturated carbocycles. The van der Waals surface area contributed by atoms with Crippen molar-refractivity contribution in [3.63, 3.8) is 0 Å². The number of aromatic nitrogens is 1. The second kappa shape index (κ2) is 12.8. The first-order valence-corrected chi connectivity index (χ1v) is 17.1. The van der Waals surface area contributed by atoms with Crippen LogP contribution in [0.4, 0.5) is 0 Å². The molecule has 6 aromatic carbocycles. The Morgan fingerprint density at radius 2 is 1.35 bits per heavy atom. The van der Waals surface area contributed by atoms with Crippen LogP contribution in [0.5, 0.6) is 0 Å². The molecule has 0 radical (unpaired) electrons. The highest BCUT2D eigenvalue weighted by Crippen LogP contribution is 2.44. The van der Waals surface area contributed by atoms with Crippen LogP contribution in [0.25, 0.3) is 64.7 Å². The van der Waals surface area contributed by atoms with E-state index in [-0.39, 0.29) is 0 Å². The lowest BCUT2D eigenvalue weighted by atomic mass is 9.96. The van der Waals surface area contributed by atoms with Gasteiger partial charge in [0.15, 0.2) is 0 Å². The van der Waals surface area contributed by atoms with Crippen molar-refractivity contribution in [2.24, 2.45) is 5.92 Å². The molecule has 2 aromatic heterocycles. The van der Waals surface area contributed by atoms with Gasteiger partial charge in [0.1, 0.15) is 0 Å². The molecule has 0 spiro atoms. The molecule has 0 saturated heterocycles. The van der Waals surface area contributed by atoms with E-state index in [1.54, 1.807) is 0 Å². The van der Waals surface area contributed by atoms with E-state index in [9.17, 15) is 0 Å². The van der Waals surface area contributed by atoms with Gasteiger partial charge in [-0.05, 0) is 69.1 Å². The summed E-state index contributed by atoms with van der Waals surface area (Å²) in [6.45, 7) is 10.5. The Morgan fingerprint density at radius 1 is 0.739 bits per heavy atom. The minimum Gasteiger partial charge on any atom is -0.312 e. The molecule has 8 rings (SSSR count). The van der Waals surface area contributed by atoms with E-state index in [1.165, 1.54) is 70.3 Å². The topological polar surface area (TPSA) is 4.93 Å². The second-order valence-electron chi connectivity index (χ2n) is 12.3. The fraction of sp³-hybridized carbons (Fsp3) is 0.136. The zero-order chi connectivity index (χ0) is 31.6. The molecule has 8 aromatic rings. The van der Waals surface area contributed by atoms with Crippen molar-refractivity contribution < 1.29 is 0 Å². The van der Waals surface area contributed by atoms with Crippen LogP contribution in [-0.2, 0) is 6.42 Å². The largest absolute Gasteiger partial charge is 0.312 e. The first kappa shape index (κ1) is 29.8. The van der Waals surface area contributed by atoms with Crippen LogP contribution in [0.3, 0.4) is 0 Å². The molecule has 1 nitrogen and oxygen atoms in total. The number of hydrogen-bond acceptors (Lipinski definition) is 1. The summed E-state index contributed by atoms with van der Waals surface area (Å²) in [4.78, 5) is 0. The highest BCUT2D eigenvalue weighted by molar-refractivity contribution is 7.17. The lowest BCUT2D eigenvalue weighted by molar-refractivity contribution is 0.695. The van der Waals surface area contributed by atoms with Crippen molar-refractivity contribution in [3.8, 4) is 0 Å². The van der Waals surface area contributed by atoms with Gasteiger partial charge in [-0.25, -0.2) is 0 Å². The minimum absolute atomic E-state index is 0.489. The van der Waals surface area contributed by atoms with Crippen molar-refractivity contribution >= 4 is 76.0 Å². The fourth-order valence-electron chi connectivity index (χ4n) is 6.62. The fourth-order valence-corrected chi connectivity index (χ4v) is 7.42. The Morgan fingerprint density at radius 3 is 2.00 bits per heavy atom. The molecular formula is C44H39NS. The third-order valence-corrected chi connectivity index (χ3v) is 9.99. The number of fused-ring (bicyclic) bond motifs is 9. The summed E-state index contributed by atoms with van der Waals surface area (Å²) in [6, 6.07) is 46.1. The van der Waals surface area contributed by atoms with E-state index in [4.69, 9.17) is 0 Å². The minimum atomic E-state index is 0.489. The van der Waals surface area contributed by atoms with E-state index >= 15 is 0 Å². The van der Waals surface area contributed by atoms with Gasteiger partial charge in [0.2, 0.25) is 0 Å². The van der Waals surface area contributed by atoms with Gasteiger partial charge < -0.3 is 4.57 Å². The molecule has 0 aliphatic carbocycles. The number of nitrogens with zero attached hydrogens (tertiary/aromatic N) is 1. The van der Waals surface area contributed by atoms with Crippen LogP contribution in [-0.4, -0.2) is 4.57 Å². The lowest BCUT2D eigenvalue weighted by Gasteiger charge is -2.17. The van der Waals surface area contributed by atoms with Gasteiger partial charge in [-0.1, -0.05) is 148 Å². The van der Waals surface area contributed by atoms with Crippen LogP contribution in [0.2, 0.25) is 0 Å². The Labute approximate surface area is 275 Å². The molecule has 0 bridgehead atoms. The van der Waals surface area contributed by atoms with Gasteiger partial charge in [0.05, 0.1) is 11.0 Å². The van der Waals surface area contributed by atoms with Crippen LogP contribution in [0, 0.1) is 5.92 Å². The molecule has 0 fully saturated rings. The molecule has 0 N–H and O–H groups in total. The normalized spacial score (nSPS) is 12.5. The summed E-state index contributed by atoms with van der Waals surface area (Å²) < 4.78 is 3.94. The predicted octanol–water partition coefficient (Wildman–Crippen LogP) is 13.2. The Kier molecular flexibility index (Phi) is 8.30. The molecule has 226 valence electrons. The third-order valence-electron chi connectivity index (χ3n) is 9.11. The Balaban J connectivity index is 0.000000326. The summed E-state index contributed by atoms with van der Waals surface area (Å²) in [5, 5.41) is 11.5. The summed E-state index contributed by atoms with van der Waals surface area (Å²) in [6.07, 6.45) is 4.52. The number of hydrogen-bond donors (Lipinski definition) is 0. The monoisotopic (exact) mass is 613 g/mol. The summed E-state index contributed by atoms with van der Waals surface area (Å²) in [7, 11) is 0. The predicted molar refractivity (Wildman–Crippen MR) is 205 cm³/mol. The van der Waals surface area contributed by atoms with Crippen molar-refractivity contribution in [3.05, 3.63) is 157 Å². The molecule has 1 atom stereocenters. The van der Waals surface area contributed by atoms with E-state index in [1.807, 2.05) is 36.5 Å². The average molecular weight is 614 g/mol. The quantitative estimate of drug-likeness (QED) is 0.164. The van der Waals surface area contributed by atoms with Gasteiger partial charge in [0, 0.05) is 33.0 Å². The number of benzene rings is 6. The Bertz CT molecular complexity index is 2350. The van der Waals surface area contributed by atoms with Gasteiger partial charge in [0.25, 0.3) is 0 Å². The van der Waals surface area contributed by atoms with Gasteiger partial charge in [-0.3, -0.25) is 0 Å². The van der Waals surface area contributed by atoms with E-state index in [0.717, 1.165) is 18.4 Å². The average Bonchev–Trinajstić information content (AvgIpc) is 3.70. The third kappa shape index (κ3) is 5.55. The summed E-state index contributed by atoms with van der Waals surface area (Å²) in [5.74, 6) is 0.489. The highest BCUT2D eigenvalue weighted by Gasteiger charge is 2.21. The summed E-state index contributed by atoms with van der Waals surface area (Å²) in [5.41, 5.74) is 7.67. The van der Waals surface area contributed by atoms with Crippen molar-refractivity contribution in [2.45, 2.75) is 33.6 Å². The first-order valence-electron chi connectivity index (χ1n) is 16.2. The van der Waals surface area contributed by atoms with Crippen molar-refractivity contribution in [1.29, 1.82) is 0 Å². The van der Waals surface area contributed by atoms with Crippen molar-refractivity contribution in [2.75, 3.05) is 0 Å². The maximum Gasteiger partial charge on any atom is 0.0622 e. The first-order chi connectivity index (χ1) is 22.5. The molecule has 0 unspecified atom stereocenters. The second-order valence-corrected chi connectivity index (χ2v) is 13.3. The number of rotatable bonds is 6. The molecule has 46 heavy (non-hydrogen) atoms. The molecule has 0 aliphatic rings. The van der Waals surface area contributed by atoms with Gasteiger partial charge in [-0.2, -0.15) is 0 Å². The zero-order valence-corrected chi connectivity index (χ0v) is 27.6. The van der Waals surface area contributed by atoms with E-state index in [2.05, 4.69) is 146 Å². The van der Waals surface area contributed by atoms with E-state index in [0.29, 0.717) is 5.92 Å². The number of allylic oxidation sites excluding steroid dienone is 3.